The fourth-order valence-corrected chi connectivity index (χ4v) is 3.25. The van der Waals surface area contributed by atoms with Crippen LogP contribution in [0.2, 0.25) is 0 Å². The molecule has 3 rings (SSSR count). The fraction of sp³-hybridized carbons (Fsp3) is 0.261. The molecule has 1 amide bonds. The zero-order valence-corrected chi connectivity index (χ0v) is 17.6. The lowest BCUT2D eigenvalue weighted by Crippen LogP contribution is -2.12. The normalized spacial score (nSPS) is 10.5. The van der Waals surface area contributed by atoms with Crippen molar-refractivity contribution in [2.24, 2.45) is 0 Å². The van der Waals surface area contributed by atoms with Crippen LogP contribution in [0.25, 0.3) is 5.69 Å². The van der Waals surface area contributed by atoms with Gasteiger partial charge in [0.1, 0.15) is 5.75 Å². The van der Waals surface area contributed by atoms with Crippen LogP contribution in [0.5, 0.6) is 5.75 Å². The van der Waals surface area contributed by atoms with E-state index in [2.05, 4.69) is 10.4 Å². The van der Waals surface area contributed by atoms with Crippen LogP contribution in [0, 0.1) is 13.8 Å². The van der Waals surface area contributed by atoms with E-state index in [9.17, 15) is 9.59 Å². The topological polar surface area (TPSA) is 82.5 Å². The third-order valence-corrected chi connectivity index (χ3v) is 4.97. The van der Waals surface area contributed by atoms with E-state index in [4.69, 9.17) is 9.47 Å². The van der Waals surface area contributed by atoms with Crippen molar-refractivity contribution in [3.63, 3.8) is 0 Å². The number of methoxy groups -OCH3 is 2. The summed E-state index contributed by atoms with van der Waals surface area (Å²) < 4.78 is 11.7. The van der Waals surface area contributed by atoms with Gasteiger partial charge in [0, 0.05) is 23.4 Å². The number of carbonyl (C=O) groups is 2. The zero-order valence-electron chi connectivity index (χ0n) is 17.6. The molecule has 1 aromatic heterocycles. The number of aryl methyl sites for hydroxylation is 1. The van der Waals surface area contributed by atoms with Crippen LogP contribution in [0.3, 0.4) is 0 Å². The van der Waals surface area contributed by atoms with E-state index in [1.165, 1.54) is 7.11 Å². The first-order valence-corrected chi connectivity index (χ1v) is 9.60. The van der Waals surface area contributed by atoms with E-state index in [1.807, 2.05) is 30.7 Å². The molecule has 30 heavy (non-hydrogen) atoms. The molecule has 1 N–H and O–H groups in total. The molecule has 0 spiro atoms. The molecule has 0 saturated carbocycles. The monoisotopic (exact) mass is 407 g/mol. The number of hydrogen-bond donors (Lipinski definition) is 1. The molecule has 0 aliphatic heterocycles. The number of nitrogens with zero attached hydrogens (tertiary/aromatic N) is 2. The minimum atomic E-state index is -0.242. The molecule has 2 aromatic carbocycles. The fourth-order valence-electron chi connectivity index (χ4n) is 3.25. The molecule has 7 nitrogen and oxygen atoms in total. The van der Waals surface area contributed by atoms with Gasteiger partial charge in [-0.1, -0.05) is 0 Å². The number of nitrogens with one attached hydrogen (secondary N) is 1. The maximum atomic E-state index is 12.5. The molecule has 156 valence electrons. The molecule has 0 saturated heterocycles. The van der Waals surface area contributed by atoms with Gasteiger partial charge in [-0.25, -0.2) is 4.68 Å². The van der Waals surface area contributed by atoms with Crippen molar-refractivity contribution in [1.29, 1.82) is 0 Å². The Morgan fingerprint density at radius 3 is 2.27 bits per heavy atom. The Kier molecular flexibility index (Phi) is 6.51. The van der Waals surface area contributed by atoms with Crippen molar-refractivity contribution in [1.82, 2.24) is 9.78 Å². The first-order chi connectivity index (χ1) is 14.4. The predicted octanol–water partition coefficient (Wildman–Crippen LogP) is 3.86. The van der Waals surface area contributed by atoms with E-state index < -0.39 is 0 Å². The number of ether oxygens (including phenoxy) is 2. The van der Waals surface area contributed by atoms with Crippen LogP contribution in [-0.2, 0) is 16.0 Å². The Bertz CT molecular complexity index is 1040. The van der Waals surface area contributed by atoms with E-state index in [1.54, 1.807) is 43.5 Å². The second-order valence-electron chi connectivity index (χ2n) is 6.87. The zero-order chi connectivity index (χ0) is 21.7. The molecule has 3 aromatic rings. The summed E-state index contributed by atoms with van der Waals surface area (Å²) >= 11 is 0. The van der Waals surface area contributed by atoms with Crippen molar-refractivity contribution in [3.8, 4) is 11.4 Å². The maximum absolute atomic E-state index is 12.5. The largest absolute Gasteiger partial charge is 0.497 e. The molecule has 0 atom stereocenters. The van der Waals surface area contributed by atoms with Gasteiger partial charge in [0.25, 0.3) is 5.91 Å². The van der Waals surface area contributed by atoms with Crippen molar-refractivity contribution in [3.05, 3.63) is 71.0 Å². The van der Waals surface area contributed by atoms with Gasteiger partial charge in [0.05, 0.1) is 25.6 Å². The van der Waals surface area contributed by atoms with Crippen LogP contribution < -0.4 is 10.1 Å². The summed E-state index contributed by atoms with van der Waals surface area (Å²) in [5, 5.41) is 7.46. The summed E-state index contributed by atoms with van der Waals surface area (Å²) in [5.74, 6) is 0.292. The number of hydrogen-bond acceptors (Lipinski definition) is 5. The van der Waals surface area contributed by atoms with Gasteiger partial charge in [-0.05, 0) is 74.4 Å². The maximum Gasteiger partial charge on any atom is 0.305 e. The van der Waals surface area contributed by atoms with Crippen LogP contribution in [0.1, 0.15) is 33.7 Å². The van der Waals surface area contributed by atoms with E-state index in [-0.39, 0.29) is 11.9 Å². The lowest BCUT2D eigenvalue weighted by Gasteiger charge is -2.09. The van der Waals surface area contributed by atoms with E-state index in [0.29, 0.717) is 24.1 Å². The van der Waals surface area contributed by atoms with Crippen molar-refractivity contribution in [2.45, 2.75) is 26.7 Å². The molecular weight excluding hydrogens is 382 g/mol. The first-order valence-electron chi connectivity index (χ1n) is 9.60. The Morgan fingerprint density at radius 2 is 1.67 bits per heavy atom. The average Bonchev–Trinajstić information content (AvgIpc) is 3.06. The average molecular weight is 407 g/mol. The highest BCUT2D eigenvalue weighted by atomic mass is 16.5. The second kappa shape index (κ2) is 9.26. The standard InChI is InChI=1S/C23H25N3O4/c1-15-21(13-14-22(27)30-4)16(2)26(25-15)19-9-5-17(6-10-19)23(28)24-18-7-11-20(29-3)12-8-18/h5-12H,13-14H2,1-4H3,(H,24,28). The molecule has 0 aliphatic rings. The highest BCUT2D eigenvalue weighted by Gasteiger charge is 2.15. The number of rotatable bonds is 7. The first kappa shape index (κ1) is 21.1. The molecule has 1 heterocycles. The summed E-state index contributed by atoms with van der Waals surface area (Å²) in [7, 11) is 2.98. The number of anilines is 1. The van der Waals surface area contributed by atoms with E-state index in [0.717, 1.165) is 28.4 Å². The van der Waals surface area contributed by atoms with Crippen LogP contribution in [0.4, 0.5) is 5.69 Å². The summed E-state index contributed by atoms with van der Waals surface area (Å²) in [6, 6.07) is 14.4. The minimum Gasteiger partial charge on any atom is -0.497 e. The Hall–Kier alpha value is -3.61. The molecular formula is C23H25N3O4. The predicted molar refractivity (Wildman–Crippen MR) is 114 cm³/mol. The summed E-state index contributed by atoms with van der Waals surface area (Å²) in [4.78, 5) is 24.0. The SMILES string of the molecule is COC(=O)CCc1c(C)nn(-c2ccc(C(=O)Nc3ccc(OC)cc3)cc2)c1C. The Labute approximate surface area is 175 Å². The van der Waals surface area contributed by atoms with Gasteiger partial charge in [0.2, 0.25) is 0 Å². The number of carbonyl (C=O) groups excluding carboxylic acids is 2. The summed E-state index contributed by atoms with van der Waals surface area (Å²) in [6.07, 6.45) is 0.890. The molecule has 0 aliphatic carbocycles. The van der Waals surface area contributed by atoms with Crippen molar-refractivity contribution in [2.75, 3.05) is 19.5 Å². The number of aromatic nitrogens is 2. The second-order valence-corrected chi connectivity index (χ2v) is 6.87. The van der Waals surface area contributed by atoms with Crippen molar-refractivity contribution < 1.29 is 19.1 Å². The smallest absolute Gasteiger partial charge is 0.305 e. The number of amides is 1. The van der Waals surface area contributed by atoms with Gasteiger partial charge in [0.15, 0.2) is 0 Å². The van der Waals surface area contributed by atoms with Crippen LogP contribution in [-0.4, -0.2) is 35.9 Å². The molecule has 0 bridgehead atoms. The van der Waals surface area contributed by atoms with Crippen LogP contribution >= 0.6 is 0 Å². The van der Waals surface area contributed by atoms with Gasteiger partial charge in [-0.3, -0.25) is 9.59 Å². The highest BCUT2D eigenvalue weighted by Crippen LogP contribution is 2.21. The lowest BCUT2D eigenvalue weighted by atomic mass is 10.1. The van der Waals surface area contributed by atoms with Gasteiger partial charge < -0.3 is 14.8 Å². The molecule has 0 radical (unpaired) electrons. The Balaban J connectivity index is 1.73. The quantitative estimate of drug-likeness (QED) is 0.602. The lowest BCUT2D eigenvalue weighted by molar-refractivity contribution is -0.140. The molecule has 0 unspecified atom stereocenters. The molecule has 7 heteroatoms. The number of esters is 1. The third kappa shape index (κ3) is 4.68. The van der Waals surface area contributed by atoms with Gasteiger partial charge >= 0.3 is 5.97 Å². The van der Waals surface area contributed by atoms with Crippen LogP contribution in [0.15, 0.2) is 48.5 Å². The summed E-state index contributed by atoms with van der Waals surface area (Å²) in [5.41, 5.74) is 4.95. The number of benzene rings is 2. The highest BCUT2D eigenvalue weighted by molar-refractivity contribution is 6.04. The van der Waals surface area contributed by atoms with E-state index >= 15 is 0 Å². The summed E-state index contributed by atoms with van der Waals surface area (Å²) in [6.45, 7) is 3.89. The minimum absolute atomic E-state index is 0.196. The van der Waals surface area contributed by atoms with Crippen molar-refractivity contribution >= 4 is 17.6 Å². The molecule has 0 fully saturated rings. The Morgan fingerprint density at radius 1 is 1.00 bits per heavy atom. The van der Waals surface area contributed by atoms with Gasteiger partial charge in [-0.2, -0.15) is 5.10 Å². The van der Waals surface area contributed by atoms with Gasteiger partial charge in [-0.15, -0.1) is 0 Å². The third-order valence-electron chi connectivity index (χ3n) is 4.97.